The van der Waals surface area contributed by atoms with E-state index in [4.69, 9.17) is 11.6 Å². The topological polar surface area (TPSA) is 86.0 Å². The van der Waals surface area contributed by atoms with Crippen molar-refractivity contribution in [2.45, 2.75) is 13.0 Å². The Morgan fingerprint density at radius 3 is 2.58 bits per heavy atom. The van der Waals surface area contributed by atoms with Crippen LogP contribution in [0.2, 0.25) is 5.02 Å². The van der Waals surface area contributed by atoms with Gasteiger partial charge in [0.15, 0.2) is 0 Å². The highest BCUT2D eigenvalue weighted by molar-refractivity contribution is 6.31. The summed E-state index contributed by atoms with van der Waals surface area (Å²) in [6, 6.07) is 8.35. The molecule has 1 N–H and O–H groups in total. The van der Waals surface area contributed by atoms with Crippen molar-refractivity contribution in [2.24, 2.45) is 14.1 Å². The molecule has 26 heavy (non-hydrogen) atoms. The van der Waals surface area contributed by atoms with Gasteiger partial charge in [-0.25, -0.2) is 9.78 Å². The number of nitrogens with zero attached hydrogens (tertiary/aromatic N) is 3. The number of rotatable bonds is 3. The number of aromatic nitrogens is 3. The van der Waals surface area contributed by atoms with Crippen molar-refractivity contribution < 1.29 is 4.79 Å². The predicted molar refractivity (Wildman–Crippen MR) is 99.6 cm³/mol. The van der Waals surface area contributed by atoms with Crippen molar-refractivity contribution >= 4 is 28.5 Å². The lowest BCUT2D eigenvalue weighted by atomic mass is 10.1. The standard InChI is InChI=1S/C18H17ClN4O3/c1-10(12-6-4-5-7-14(12)19)21-16(24)11-8-13-15(20-9-11)22(2)18(26)23(3)17(13)25/h4-10H,1-3H3,(H,21,24). The lowest BCUT2D eigenvalue weighted by Crippen LogP contribution is -2.37. The van der Waals surface area contributed by atoms with E-state index in [2.05, 4.69) is 10.3 Å². The van der Waals surface area contributed by atoms with Gasteiger partial charge in [0.1, 0.15) is 5.65 Å². The van der Waals surface area contributed by atoms with Gasteiger partial charge in [-0.2, -0.15) is 0 Å². The lowest BCUT2D eigenvalue weighted by molar-refractivity contribution is 0.0939. The number of halogens is 1. The summed E-state index contributed by atoms with van der Waals surface area (Å²) in [6.07, 6.45) is 1.34. The number of nitrogens with one attached hydrogen (secondary N) is 1. The third kappa shape index (κ3) is 3.01. The van der Waals surface area contributed by atoms with Gasteiger partial charge in [0, 0.05) is 25.3 Å². The SMILES string of the molecule is CC(NC(=O)c1cnc2c(c1)c(=O)n(C)c(=O)n2C)c1ccccc1Cl. The normalized spacial score (nSPS) is 12.2. The van der Waals surface area contributed by atoms with Gasteiger partial charge in [0.05, 0.1) is 17.0 Å². The molecule has 0 saturated heterocycles. The van der Waals surface area contributed by atoms with E-state index >= 15 is 0 Å². The number of carbonyl (C=O) groups excluding carboxylic acids is 1. The Balaban J connectivity index is 1.98. The molecule has 2 heterocycles. The van der Waals surface area contributed by atoms with Crippen LogP contribution in [0.3, 0.4) is 0 Å². The summed E-state index contributed by atoms with van der Waals surface area (Å²) in [5, 5.41) is 3.60. The van der Waals surface area contributed by atoms with E-state index in [1.165, 1.54) is 30.9 Å². The molecular formula is C18H17ClN4O3. The molecule has 0 radical (unpaired) electrons. The molecule has 2 aromatic heterocycles. The molecule has 7 nitrogen and oxygen atoms in total. The highest BCUT2D eigenvalue weighted by atomic mass is 35.5. The van der Waals surface area contributed by atoms with Gasteiger partial charge in [0.25, 0.3) is 11.5 Å². The molecule has 134 valence electrons. The van der Waals surface area contributed by atoms with Crippen LogP contribution in [-0.2, 0) is 14.1 Å². The quantitative estimate of drug-likeness (QED) is 0.759. The highest BCUT2D eigenvalue weighted by Crippen LogP contribution is 2.22. The molecule has 1 unspecified atom stereocenters. The van der Waals surface area contributed by atoms with Crippen LogP contribution in [0.1, 0.15) is 28.9 Å². The zero-order valence-corrected chi connectivity index (χ0v) is 15.2. The third-order valence-corrected chi connectivity index (χ3v) is 4.62. The number of hydrogen-bond donors (Lipinski definition) is 1. The Kier molecular flexibility index (Phi) is 4.65. The van der Waals surface area contributed by atoms with Crippen molar-refractivity contribution in [1.82, 2.24) is 19.4 Å². The summed E-state index contributed by atoms with van der Waals surface area (Å²) >= 11 is 6.16. The first kappa shape index (κ1) is 17.9. The van der Waals surface area contributed by atoms with Crippen molar-refractivity contribution in [3.05, 3.63) is 73.5 Å². The van der Waals surface area contributed by atoms with Gasteiger partial charge in [-0.15, -0.1) is 0 Å². The van der Waals surface area contributed by atoms with Crippen LogP contribution in [0.15, 0.2) is 46.1 Å². The first-order valence-electron chi connectivity index (χ1n) is 7.92. The van der Waals surface area contributed by atoms with E-state index in [9.17, 15) is 14.4 Å². The van der Waals surface area contributed by atoms with Gasteiger partial charge in [-0.1, -0.05) is 29.8 Å². The lowest BCUT2D eigenvalue weighted by Gasteiger charge is -2.16. The van der Waals surface area contributed by atoms with E-state index < -0.39 is 11.2 Å². The fraction of sp³-hybridized carbons (Fsp3) is 0.222. The van der Waals surface area contributed by atoms with Gasteiger partial charge in [-0.3, -0.25) is 18.7 Å². The predicted octanol–water partition coefficient (Wildman–Crippen LogP) is 1.78. The van der Waals surface area contributed by atoms with E-state index in [0.717, 1.165) is 10.1 Å². The second-order valence-corrected chi connectivity index (χ2v) is 6.42. The number of carbonyl (C=O) groups is 1. The Hall–Kier alpha value is -2.93. The zero-order valence-electron chi connectivity index (χ0n) is 14.5. The summed E-state index contributed by atoms with van der Waals surface area (Å²) in [5.41, 5.74) is 0.277. The molecule has 8 heteroatoms. The largest absolute Gasteiger partial charge is 0.345 e. The van der Waals surface area contributed by atoms with Crippen LogP contribution >= 0.6 is 11.6 Å². The van der Waals surface area contributed by atoms with Crippen molar-refractivity contribution in [3.63, 3.8) is 0 Å². The number of benzene rings is 1. The number of fused-ring (bicyclic) bond motifs is 1. The van der Waals surface area contributed by atoms with Crippen LogP contribution in [-0.4, -0.2) is 20.0 Å². The minimum absolute atomic E-state index is 0.202. The van der Waals surface area contributed by atoms with Crippen molar-refractivity contribution in [1.29, 1.82) is 0 Å². The minimum Gasteiger partial charge on any atom is -0.345 e. The zero-order chi connectivity index (χ0) is 19.0. The van der Waals surface area contributed by atoms with E-state index in [-0.39, 0.29) is 28.5 Å². The van der Waals surface area contributed by atoms with Gasteiger partial charge in [-0.05, 0) is 24.6 Å². The second-order valence-electron chi connectivity index (χ2n) is 6.02. The van der Waals surface area contributed by atoms with Crippen LogP contribution in [0.4, 0.5) is 0 Å². The summed E-state index contributed by atoms with van der Waals surface area (Å²) in [6.45, 7) is 1.82. The van der Waals surface area contributed by atoms with Crippen LogP contribution in [0, 0.1) is 0 Å². The monoisotopic (exact) mass is 372 g/mol. The average molecular weight is 373 g/mol. The summed E-state index contributed by atoms with van der Waals surface area (Å²) in [7, 11) is 2.91. The molecule has 0 spiro atoms. The van der Waals surface area contributed by atoms with Gasteiger partial charge >= 0.3 is 5.69 Å². The van der Waals surface area contributed by atoms with E-state index in [1.54, 1.807) is 6.07 Å². The molecule has 0 aliphatic carbocycles. The molecule has 1 aromatic carbocycles. The number of pyridine rings is 1. The molecule has 0 saturated carbocycles. The van der Waals surface area contributed by atoms with Crippen LogP contribution in [0.5, 0.6) is 0 Å². The highest BCUT2D eigenvalue weighted by Gasteiger charge is 2.16. The van der Waals surface area contributed by atoms with Crippen LogP contribution in [0.25, 0.3) is 11.0 Å². The molecule has 0 aliphatic rings. The Labute approximate surface area is 153 Å². The number of amides is 1. The molecule has 0 bridgehead atoms. The van der Waals surface area contributed by atoms with Crippen LogP contribution < -0.4 is 16.6 Å². The molecule has 1 atom stereocenters. The molecule has 0 fully saturated rings. The molecule has 1 amide bonds. The number of hydrogen-bond acceptors (Lipinski definition) is 4. The smallest absolute Gasteiger partial charge is 0.332 e. The molecular weight excluding hydrogens is 356 g/mol. The maximum absolute atomic E-state index is 12.6. The fourth-order valence-corrected chi connectivity index (χ4v) is 3.07. The van der Waals surface area contributed by atoms with Gasteiger partial charge < -0.3 is 5.32 Å². The second kappa shape index (κ2) is 6.76. The molecule has 3 aromatic rings. The number of aryl methyl sites for hydroxylation is 1. The summed E-state index contributed by atoms with van der Waals surface area (Å²) in [5.74, 6) is -0.386. The summed E-state index contributed by atoms with van der Waals surface area (Å²) in [4.78, 5) is 41.0. The maximum Gasteiger partial charge on any atom is 0.332 e. The van der Waals surface area contributed by atoms with Gasteiger partial charge in [0.2, 0.25) is 0 Å². The Morgan fingerprint density at radius 2 is 1.88 bits per heavy atom. The maximum atomic E-state index is 12.6. The first-order valence-corrected chi connectivity index (χ1v) is 8.30. The van der Waals surface area contributed by atoms with E-state index in [0.29, 0.717) is 5.02 Å². The minimum atomic E-state index is -0.496. The van der Waals surface area contributed by atoms with Crippen molar-refractivity contribution in [3.8, 4) is 0 Å². The van der Waals surface area contributed by atoms with Crippen molar-refractivity contribution in [2.75, 3.05) is 0 Å². The Bertz CT molecular complexity index is 1130. The molecule has 0 aliphatic heterocycles. The summed E-state index contributed by atoms with van der Waals surface area (Å²) < 4.78 is 2.25. The first-order chi connectivity index (χ1) is 12.3. The van der Waals surface area contributed by atoms with E-state index in [1.807, 2.05) is 25.1 Å². The Morgan fingerprint density at radius 1 is 1.19 bits per heavy atom. The molecule has 3 rings (SSSR count). The average Bonchev–Trinajstić information content (AvgIpc) is 2.64. The third-order valence-electron chi connectivity index (χ3n) is 4.27. The fourth-order valence-electron chi connectivity index (χ4n) is 2.77.